The molecular formula is C14H15ClN2OS. The Morgan fingerprint density at radius 2 is 2.11 bits per heavy atom. The molecule has 0 aliphatic heterocycles. The quantitative estimate of drug-likeness (QED) is 0.881. The lowest BCUT2D eigenvalue weighted by molar-refractivity contribution is 0.103. The van der Waals surface area contributed by atoms with E-state index in [1.807, 2.05) is 36.6 Å². The number of benzene rings is 1. The van der Waals surface area contributed by atoms with Gasteiger partial charge in [0.25, 0.3) is 5.91 Å². The van der Waals surface area contributed by atoms with Crippen molar-refractivity contribution in [3.63, 3.8) is 0 Å². The number of thiophene rings is 1. The van der Waals surface area contributed by atoms with Gasteiger partial charge in [-0.3, -0.25) is 4.79 Å². The number of rotatable bonds is 5. The zero-order valence-corrected chi connectivity index (χ0v) is 12.1. The van der Waals surface area contributed by atoms with Gasteiger partial charge in [0.15, 0.2) is 0 Å². The molecule has 100 valence electrons. The van der Waals surface area contributed by atoms with Crippen molar-refractivity contribution in [3.8, 4) is 0 Å². The maximum atomic E-state index is 12.1. The molecule has 0 fully saturated rings. The van der Waals surface area contributed by atoms with Crippen LogP contribution in [0, 0.1) is 0 Å². The Labute approximate surface area is 121 Å². The molecule has 0 aliphatic carbocycles. The van der Waals surface area contributed by atoms with Gasteiger partial charge in [0, 0.05) is 12.2 Å². The van der Waals surface area contributed by atoms with E-state index in [0.29, 0.717) is 9.90 Å². The zero-order valence-electron chi connectivity index (χ0n) is 10.6. The standard InChI is InChI=1S/C14H15ClN2OS/c1-2-16-9-10-5-3-4-6-12(10)17-14(18)13-11(15)7-8-19-13/h3-8,16H,2,9H2,1H3,(H,17,18). The molecule has 1 aromatic carbocycles. The second kappa shape index (κ2) is 6.70. The number of amides is 1. The van der Waals surface area contributed by atoms with E-state index in [2.05, 4.69) is 10.6 Å². The molecule has 0 unspecified atom stereocenters. The van der Waals surface area contributed by atoms with Crippen molar-refractivity contribution in [2.24, 2.45) is 0 Å². The fraction of sp³-hybridized carbons (Fsp3) is 0.214. The molecule has 0 atom stereocenters. The number of hydrogen-bond acceptors (Lipinski definition) is 3. The van der Waals surface area contributed by atoms with Crippen LogP contribution in [-0.4, -0.2) is 12.5 Å². The van der Waals surface area contributed by atoms with Crippen LogP contribution in [0.15, 0.2) is 35.7 Å². The number of carbonyl (C=O) groups excluding carboxylic acids is 1. The summed E-state index contributed by atoms with van der Waals surface area (Å²) in [7, 11) is 0. The van der Waals surface area contributed by atoms with E-state index in [1.165, 1.54) is 11.3 Å². The number of hydrogen-bond donors (Lipinski definition) is 2. The maximum Gasteiger partial charge on any atom is 0.267 e. The Morgan fingerprint density at radius 1 is 1.32 bits per heavy atom. The van der Waals surface area contributed by atoms with E-state index in [0.717, 1.165) is 24.3 Å². The Hall–Kier alpha value is -1.36. The molecule has 0 bridgehead atoms. The molecule has 3 nitrogen and oxygen atoms in total. The first kappa shape index (κ1) is 14.1. The lowest BCUT2D eigenvalue weighted by Gasteiger charge is -2.10. The van der Waals surface area contributed by atoms with E-state index >= 15 is 0 Å². The van der Waals surface area contributed by atoms with Crippen LogP contribution in [-0.2, 0) is 6.54 Å². The SMILES string of the molecule is CCNCc1ccccc1NC(=O)c1sccc1Cl. The monoisotopic (exact) mass is 294 g/mol. The van der Waals surface area contributed by atoms with E-state index < -0.39 is 0 Å². The third-order valence-corrected chi connectivity index (χ3v) is 3.99. The smallest absolute Gasteiger partial charge is 0.267 e. The summed E-state index contributed by atoms with van der Waals surface area (Å²) in [5.74, 6) is -0.163. The summed E-state index contributed by atoms with van der Waals surface area (Å²) < 4.78 is 0. The highest BCUT2D eigenvalue weighted by Gasteiger charge is 2.13. The Morgan fingerprint density at radius 3 is 2.79 bits per heavy atom. The fourth-order valence-electron chi connectivity index (χ4n) is 1.69. The molecule has 0 aliphatic rings. The van der Waals surface area contributed by atoms with Gasteiger partial charge in [0.2, 0.25) is 0 Å². The van der Waals surface area contributed by atoms with Crippen LogP contribution in [0.1, 0.15) is 22.2 Å². The first-order chi connectivity index (χ1) is 9.22. The van der Waals surface area contributed by atoms with Crippen LogP contribution >= 0.6 is 22.9 Å². The highest BCUT2D eigenvalue weighted by atomic mass is 35.5. The van der Waals surface area contributed by atoms with Crippen LogP contribution in [0.5, 0.6) is 0 Å². The molecule has 1 aromatic heterocycles. The third kappa shape index (κ3) is 3.56. The van der Waals surface area contributed by atoms with Crippen molar-refractivity contribution in [2.75, 3.05) is 11.9 Å². The van der Waals surface area contributed by atoms with Gasteiger partial charge >= 0.3 is 0 Å². The average molecular weight is 295 g/mol. The minimum atomic E-state index is -0.163. The molecule has 0 spiro atoms. The second-order valence-electron chi connectivity index (χ2n) is 3.99. The van der Waals surface area contributed by atoms with Gasteiger partial charge in [-0.05, 0) is 29.6 Å². The van der Waals surface area contributed by atoms with Gasteiger partial charge in [-0.15, -0.1) is 11.3 Å². The summed E-state index contributed by atoms with van der Waals surface area (Å²) in [4.78, 5) is 12.7. The summed E-state index contributed by atoms with van der Waals surface area (Å²) >= 11 is 7.30. The maximum absolute atomic E-state index is 12.1. The predicted molar refractivity (Wildman–Crippen MR) is 81.1 cm³/mol. The molecule has 2 N–H and O–H groups in total. The Bertz CT molecular complexity index is 568. The molecule has 1 amide bonds. The topological polar surface area (TPSA) is 41.1 Å². The van der Waals surface area contributed by atoms with E-state index in [1.54, 1.807) is 6.07 Å². The van der Waals surface area contributed by atoms with Gasteiger partial charge in [-0.2, -0.15) is 0 Å². The largest absolute Gasteiger partial charge is 0.321 e. The predicted octanol–water partition coefficient (Wildman–Crippen LogP) is 3.76. The summed E-state index contributed by atoms with van der Waals surface area (Å²) in [6.45, 7) is 3.66. The molecule has 0 saturated heterocycles. The van der Waals surface area contributed by atoms with Crippen LogP contribution < -0.4 is 10.6 Å². The fourth-order valence-corrected chi connectivity index (χ4v) is 2.73. The van der Waals surface area contributed by atoms with Gasteiger partial charge in [-0.1, -0.05) is 36.7 Å². The minimum Gasteiger partial charge on any atom is -0.321 e. The van der Waals surface area contributed by atoms with Crippen LogP contribution in [0.3, 0.4) is 0 Å². The van der Waals surface area contributed by atoms with Gasteiger partial charge in [0.05, 0.1) is 5.02 Å². The summed E-state index contributed by atoms with van der Waals surface area (Å²) in [6, 6.07) is 9.48. The van der Waals surface area contributed by atoms with Crippen LogP contribution in [0.25, 0.3) is 0 Å². The lowest BCUT2D eigenvalue weighted by Crippen LogP contribution is -2.16. The number of para-hydroxylation sites is 1. The van der Waals surface area contributed by atoms with Crippen LogP contribution in [0.2, 0.25) is 5.02 Å². The van der Waals surface area contributed by atoms with Crippen molar-refractivity contribution < 1.29 is 4.79 Å². The van der Waals surface area contributed by atoms with Crippen molar-refractivity contribution in [3.05, 3.63) is 51.2 Å². The van der Waals surface area contributed by atoms with E-state index in [9.17, 15) is 4.79 Å². The third-order valence-electron chi connectivity index (χ3n) is 2.65. The molecular weight excluding hydrogens is 280 g/mol. The van der Waals surface area contributed by atoms with Crippen molar-refractivity contribution in [1.82, 2.24) is 5.32 Å². The number of halogens is 1. The zero-order chi connectivity index (χ0) is 13.7. The number of nitrogens with one attached hydrogen (secondary N) is 2. The molecule has 19 heavy (non-hydrogen) atoms. The van der Waals surface area contributed by atoms with Crippen molar-refractivity contribution in [1.29, 1.82) is 0 Å². The minimum absolute atomic E-state index is 0.163. The number of carbonyl (C=O) groups is 1. The van der Waals surface area contributed by atoms with E-state index in [-0.39, 0.29) is 5.91 Å². The Balaban J connectivity index is 2.15. The van der Waals surface area contributed by atoms with Gasteiger partial charge < -0.3 is 10.6 Å². The molecule has 1 heterocycles. The highest BCUT2D eigenvalue weighted by Crippen LogP contribution is 2.24. The molecule has 2 rings (SSSR count). The van der Waals surface area contributed by atoms with Crippen molar-refractivity contribution >= 4 is 34.5 Å². The first-order valence-electron chi connectivity index (χ1n) is 6.05. The average Bonchev–Trinajstić information content (AvgIpc) is 2.84. The van der Waals surface area contributed by atoms with Gasteiger partial charge in [0.1, 0.15) is 4.88 Å². The molecule has 0 saturated carbocycles. The normalized spacial score (nSPS) is 10.4. The number of anilines is 1. The summed E-state index contributed by atoms with van der Waals surface area (Å²) in [5, 5.41) is 8.46. The van der Waals surface area contributed by atoms with Gasteiger partial charge in [-0.25, -0.2) is 0 Å². The lowest BCUT2D eigenvalue weighted by atomic mass is 10.1. The van der Waals surface area contributed by atoms with Crippen molar-refractivity contribution in [2.45, 2.75) is 13.5 Å². The molecule has 2 aromatic rings. The summed E-state index contributed by atoms with van der Waals surface area (Å²) in [6.07, 6.45) is 0. The first-order valence-corrected chi connectivity index (χ1v) is 7.31. The molecule has 0 radical (unpaired) electrons. The highest BCUT2D eigenvalue weighted by molar-refractivity contribution is 7.12. The van der Waals surface area contributed by atoms with E-state index in [4.69, 9.17) is 11.6 Å². The molecule has 5 heteroatoms. The van der Waals surface area contributed by atoms with Crippen LogP contribution in [0.4, 0.5) is 5.69 Å². The summed E-state index contributed by atoms with van der Waals surface area (Å²) in [5.41, 5.74) is 1.88. The Kier molecular flexibility index (Phi) is 4.96. The second-order valence-corrected chi connectivity index (χ2v) is 5.31.